The van der Waals surface area contributed by atoms with Crippen LogP contribution in [-0.4, -0.2) is 14.9 Å². The number of hydrogen-bond donors (Lipinski definition) is 2. The molecular formula is C23H17ClN4OS. The summed E-state index contributed by atoms with van der Waals surface area (Å²) in [5.41, 5.74) is 4.61. The van der Waals surface area contributed by atoms with Gasteiger partial charge in [-0.05, 0) is 60.3 Å². The molecule has 4 aromatic rings. The van der Waals surface area contributed by atoms with Crippen LogP contribution in [0.3, 0.4) is 0 Å². The van der Waals surface area contributed by atoms with Gasteiger partial charge >= 0.3 is 0 Å². The minimum absolute atomic E-state index is 0.179. The zero-order chi connectivity index (χ0) is 20.5. The van der Waals surface area contributed by atoms with E-state index >= 15 is 0 Å². The van der Waals surface area contributed by atoms with E-state index in [2.05, 4.69) is 16.7 Å². The lowest BCUT2D eigenvalue weighted by Gasteiger charge is -2.26. The van der Waals surface area contributed by atoms with Gasteiger partial charge in [0.05, 0.1) is 18.0 Å². The molecule has 5 nitrogen and oxygen atoms in total. The molecule has 1 aliphatic heterocycles. The van der Waals surface area contributed by atoms with E-state index in [1.165, 1.54) is 0 Å². The third-order valence-electron chi connectivity index (χ3n) is 4.88. The van der Waals surface area contributed by atoms with Crippen LogP contribution in [0.5, 0.6) is 0 Å². The molecule has 0 aliphatic carbocycles. The second kappa shape index (κ2) is 7.82. The first-order chi connectivity index (χ1) is 14.7. The summed E-state index contributed by atoms with van der Waals surface area (Å²) in [4.78, 5) is 0. The van der Waals surface area contributed by atoms with Crippen molar-refractivity contribution in [3.05, 3.63) is 101 Å². The lowest BCUT2D eigenvalue weighted by Crippen LogP contribution is -2.40. The van der Waals surface area contributed by atoms with Gasteiger partial charge in [-0.1, -0.05) is 41.9 Å². The number of nitrogens with zero attached hydrogens (tertiary/aromatic N) is 2. The van der Waals surface area contributed by atoms with E-state index in [1.54, 1.807) is 6.26 Å². The standard InChI is InChI=1S/C23H17ClN4OS/c24-16-10-8-15(9-11-16)19-13-20(26-23(30)25-19)18-14-28(17-5-2-1-3-6-17)27-22(18)21-7-4-12-29-21/h1-14,20H,(H2,25,26,30)/t20-/m1/s1. The Balaban J connectivity index is 1.61. The number of halogens is 1. The van der Waals surface area contributed by atoms with Gasteiger partial charge in [0.2, 0.25) is 0 Å². The molecule has 3 heterocycles. The number of benzene rings is 2. The number of aromatic nitrogens is 2. The second-order valence-corrected chi connectivity index (χ2v) is 7.70. The number of furan rings is 1. The van der Waals surface area contributed by atoms with Crippen LogP contribution < -0.4 is 10.6 Å². The summed E-state index contributed by atoms with van der Waals surface area (Å²) in [6.45, 7) is 0. The molecule has 2 N–H and O–H groups in total. The number of hydrogen-bond acceptors (Lipinski definition) is 3. The minimum atomic E-state index is -0.179. The van der Waals surface area contributed by atoms with Gasteiger partial charge in [-0.3, -0.25) is 0 Å². The topological polar surface area (TPSA) is 55.0 Å². The first-order valence-electron chi connectivity index (χ1n) is 9.41. The van der Waals surface area contributed by atoms with Crippen LogP contribution >= 0.6 is 23.8 Å². The predicted octanol–water partition coefficient (Wildman–Crippen LogP) is 5.35. The van der Waals surface area contributed by atoms with Crippen molar-refractivity contribution in [2.45, 2.75) is 6.04 Å². The number of rotatable bonds is 4. The van der Waals surface area contributed by atoms with Gasteiger partial charge in [-0.15, -0.1) is 0 Å². The van der Waals surface area contributed by atoms with E-state index in [0.717, 1.165) is 28.2 Å². The molecule has 1 atom stereocenters. The summed E-state index contributed by atoms with van der Waals surface area (Å²) in [5.74, 6) is 0.701. The summed E-state index contributed by atoms with van der Waals surface area (Å²) in [7, 11) is 0. The lowest BCUT2D eigenvalue weighted by atomic mass is 10.0. The Morgan fingerprint density at radius 1 is 1.00 bits per heavy atom. The van der Waals surface area contributed by atoms with Gasteiger partial charge in [0.15, 0.2) is 10.9 Å². The van der Waals surface area contributed by atoms with E-state index in [9.17, 15) is 0 Å². The van der Waals surface area contributed by atoms with Crippen molar-refractivity contribution < 1.29 is 4.42 Å². The average molecular weight is 433 g/mol. The Bertz CT molecular complexity index is 1210. The average Bonchev–Trinajstić information content (AvgIpc) is 3.44. The molecule has 5 rings (SSSR count). The molecule has 0 unspecified atom stereocenters. The normalized spacial score (nSPS) is 16.0. The molecule has 0 bridgehead atoms. The van der Waals surface area contributed by atoms with Crippen LogP contribution in [0.25, 0.3) is 22.8 Å². The molecule has 0 saturated heterocycles. The van der Waals surface area contributed by atoms with Crippen molar-refractivity contribution in [3.63, 3.8) is 0 Å². The highest BCUT2D eigenvalue weighted by Crippen LogP contribution is 2.32. The monoisotopic (exact) mass is 432 g/mol. The van der Waals surface area contributed by atoms with Gasteiger partial charge in [0.1, 0.15) is 5.69 Å². The largest absolute Gasteiger partial charge is 0.463 e. The Morgan fingerprint density at radius 2 is 1.80 bits per heavy atom. The highest BCUT2D eigenvalue weighted by atomic mass is 35.5. The number of nitrogens with one attached hydrogen (secondary N) is 2. The van der Waals surface area contributed by atoms with Gasteiger partial charge in [-0.2, -0.15) is 5.10 Å². The van der Waals surface area contributed by atoms with Crippen molar-refractivity contribution in [1.29, 1.82) is 0 Å². The Morgan fingerprint density at radius 3 is 2.53 bits per heavy atom. The Labute approximate surface area is 184 Å². The first kappa shape index (κ1) is 18.7. The first-order valence-corrected chi connectivity index (χ1v) is 10.2. The molecule has 2 aromatic carbocycles. The molecule has 148 valence electrons. The van der Waals surface area contributed by atoms with Crippen molar-refractivity contribution in [3.8, 4) is 17.1 Å². The molecule has 2 aromatic heterocycles. The van der Waals surface area contributed by atoms with Crippen molar-refractivity contribution in [2.75, 3.05) is 0 Å². The molecule has 30 heavy (non-hydrogen) atoms. The number of thiocarbonyl (C=S) groups is 1. The fraction of sp³-hybridized carbons (Fsp3) is 0.0435. The van der Waals surface area contributed by atoms with Crippen LogP contribution in [0.1, 0.15) is 17.2 Å². The highest BCUT2D eigenvalue weighted by molar-refractivity contribution is 7.80. The van der Waals surface area contributed by atoms with Crippen LogP contribution in [0.2, 0.25) is 5.02 Å². The van der Waals surface area contributed by atoms with Gasteiger partial charge in [-0.25, -0.2) is 4.68 Å². The summed E-state index contributed by atoms with van der Waals surface area (Å²) >= 11 is 11.5. The Kier molecular flexibility index (Phi) is 4.86. The smallest absolute Gasteiger partial charge is 0.171 e. The van der Waals surface area contributed by atoms with E-state index < -0.39 is 0 Å². The second-order valence-electron chi connectivity index (χ2n) is 6.85. The molecule has 0 saturated carbocycles. The van der Waals surface area contributed by atoms with Crippen LogP contribution in [0.15, 0.2) is 89.7 Å². The minimum Gasteiger partial charge on any atom is -0.463 e. The van der Waals surface area contributed by atoms with E-state index in [1.807, 2.05) is 77.6 Å². The molecule has 0 spiro atoms. The van der Waals surface area contributed by atoms with Crippen LogP contribution in [0.4, 0.5) is 0 Å². The third-order valence-corrected chi connectivity index (χ3v) is 5.35. The van der Waals surface area contributed by atoms with E-state index in [-0.39, 0.29) is 6.04 Å². The fourth-order valence-electron chi connectivity index (χ4n) is 3.45. The summed E-state index contributed by atoms with van der Waals surface area (Å²) < 4.78 is 7.52. The van der Waals surface area contributed by atoms with Gasteiger partial charge in [0.25, 0.3) is 0 Å². The molecule has 0 radical (unpaired) electrons. The molecule has 0 amide bonds. The highest BCUT2D eigenvalue weighted by Gasteiger charge is 2.25. The molecule has 1 aliphatic rings. The molecule has 0 fully saturated rings. The van der Waals surface area contributed by atoms with E-state index in [4.69, 9.17) is 33.3 Å². The predicted molar refractivity (Wildman–Crippen MR) is 122 cm³/mol. The summed E-state index contributed by atoms with van der Waals surface area (Å²) in [6.07, 6.45) is 5.75. The van der Waals surface area contributed by atoms with Gasteiger partial charge < -0.3 is 15.1 Å². The maximum Gasteiger partial charge on any atom is 0.171 e. The molecule has 7 heteroatoms. The number of para-hydroxylation sites is 1. The summed E-state index contributed by atoms with van der Waals surface area (Å²) in [6, 6.07) is 21.2. The maximum atomic E-state index is 6.04. The van der Waals surface area contributed by atoms with E-state index in [0.29, 0.717) is 15.9 Å². The summed E-state index contributed by atoms with van der Waals surface area (Å²) in [5, 5.41) is 12.6. The van der Waals surface area contributed by atoms with Gasteiger partial charge in [0, 0.05) is 22.5 Å². The lowest BCUT2D eigenvalue weighted by molar-refractivity contribution is 0.577. The van der Waals surface area contributed by atoms with Crippen LogP contribution in [0, 0.1) is 0 Å². The third kappa shape index (κ3) is 3.63. The zero-order valence-corrected chi connectivity index (χ0v) is 17.3. The fourth-order valence-corrected chi connectivity index (χ4v) is 3.81. The van der Waals surface area contributed by atoms with Crippen molar-refractivity contribution >= 4 is 34.6 Å². The maximum absolute atomic E-state index is 6.04. The Hall–Kier alpha value is -3.35. The quantitative estimate of drug-likeness (QED) is 0.426. The SMILES string of the molecule is S=C1NC(c2ccc(Cl)cc2)=C[C@H](c2cn(-c3ccccc3)nc2-c2ccco2)N1. The molecular weight excluding hydrogens is 416 g/mol. The van der Waals surface area contributed by atoms with Crippen molar-refractivity contribution in [2.24, 2.45) is 0 Å². The zero-order valence-electron chi connectivity index (χ0n) is 15.7. The van der Waals surface area contributed by atoms with Crippen molar-refractivity contribution in [1.82, 2.24) is 20.4 Å². The van der Waals surface area contributed by atoms with Crippen LogP contribution in [-0.2, 0) is 0 Å².